The minimum absolute atomic E-state index is 0.402. The van der Waals surface area contributed by atoms with Gasteiger partial charge in [-0.2, -0.15) is 0 Å². The van der Waals surface area contributed by atoms with Crippen LogP contribution in [0.2, 0.25) is 0 Å². The first kappa shape index (κ1) is 14.7. The van der Waals surface area contributed by atoms with Gasteiger partial charge in [-0.3, -0.25) is 0 Å². The SMILES string of the molecule is CCC1OC1CC(C)c1cc(Br)c(OC)cc1OC. The fourth-order valence-corrected chi connectivity index (χ4v) is 3.01. The third-order valence-electron chi connectivity index (χ3n) is 3.71. The van der Waals surface area contributed by atoms with Crippen molar-refractivity contribution in [2.45, 2.75) is 44.8 Å². The van der Waals surface area contributed by atoms with Gasteiger partial charge in [-0.15, -0.1) is 0 Å². The maximum Gasteiger partial charge on any atom is 0.136 e. The Morgan fingerprint density at radius 2 is 1.89 bits per heavy atom. The van der Waals surface area contributed by atoms with Crippen molar-refractivity contribution in [3.05, 3.63) is 22.2 Å². The van der Waals surface area contributed by atoms with Crippen molar-refractivity contribution in [2.75, 3.05) is 14.2 Å². The van der Waals surface area contributed by atoms with Gasteiger partial charge in [0.25, 0.3) is 0 Å². The fourth-order valence-electron chi connectivity index (χ4n) is 2.49. The van der Waals surface area contributed by atoms with Gasteiger partial charge in [0.1, 0.15) is 11.5 Å². The second kappa shape index (κ2) is 6.14. The molecule has 1 aromatic carbocycles. The van der Waals surface area contributed by atoms with Gasteiger partial charge < -0.3 is 14.2 Å². The molecule has 0 saturated carbocycles. The van der Waals surface area contributed by atoms with Gasteiger partial charge in [-0.05, 0) is 46.3 Å². The number of hydrogen-bond donors (Lipinski definition) is 0. The Morgan fingerprint density at radius 3 is 2.42 bits per heavy atom. The van der Waals surface area contributed by atoms with Crippen LogP contribution in [0.1, 0.15) is 38.2 Å². The van der Waals surface area contributed by atoms with Crippen LogP contribution in [0.25, 0.3) is 0 Å². The zero-order valence-corrected chi connectivity index (χ0v) is 13.5. The number of epoxide rings is 1. The smallest absolute Gasteiger partial charge is 0.136 e. The maximum atomic E-state index is 5.63. The molecule has 0 aliphatic carbocycles. The molecule has 0 bridgehead atoms. The molecular formula is C15H21BrO3. The summed E-state index contributed by atoms with van der Waals surface area (Å²) in [5, 5.41) is 0. The molecule has 1 aromatic rings. The Balaban J connectivity index is 2.16. The molecule has 0 aromatic heterocycles. The van der Waals surface area contributed by atoms with Crippen molar-refractivity contribution < 1.29 is 14.2 Å². The van der Waals surface area contributed by atoms with Gasteiger partial charge in [0.2, 0.25) is 0 Å². The largest absolute Gasteiger partial charge is 0.496 e. The molecule has 1 saturated heterocycles. The highest BCUT2D eigenvalue weighted by Gasteiger charge is 2.38. The van der Waals surface area contributed by atoms with E-state index in [2.05, 4.69) is 35.8 Å². The summed E-state index contributed by atoms with van der Waals surface area (Å²) >= 11 is 3.53. The van der Waals surface area contributed by atoms with Crippen LogP contribution in [0.3, 0.4) is 0 Å². The third-order valence-corrected chi connectivity index (χ3v) is 4.33. The van der Waals surface area contributed by atoms with Gasteiger partial charge in [-0.25, -0.2) is 0 Å². The van der Waals surface area contributed by atoms with Crippen LogP contribution < -0.4 is 9.47 Å². The maximum absolute atomic E-state index is 5.63. The summed E-state index contributed by atoms with van der Waals surface area (Å²) < 4.78 is 17.4. The van der Waals surface area contributed by atoms with E-state index >= 15 is 0 Å². The first-order valence-corrected chi connectivity index (χ1v) is 7.46. The van der Waals surface area contributed by atoms with Crippen molar-refractivity contribution >= 4 is 15.9 Å². The van der Waals surface area contributed by atoms with Crippen LogP contribution in [0.15, 0.2) is 16.6 Å². The monoisotopic (exact) mass is 328 g/mol. The summed E-state index contributed by atoms with van der Waals surface area (Å²) in [4.78, 5) is 0. The van der Waals surface area contributed by atoms with Crippen LogP contribution in [-0.2, 0) is 4.74 Å². The average Bonchev–Trinajstić information content (AvgIpc) is 3.16. The van der Waals surface area contributed by atoms with E-state index in [-0.39, 0.29) is 0 Å². The van der Waals surface area contributed by atoms with Gasteiger partial charge in [0, 0.05) is 6.07 Å². The summed E-state index contributed by atoms with van der Waals surface area (Å²) in [7, 11) is 3.36. The molecule has 1 aliphatic rings. The van der Waals surface area contributed by atoms with E-state index in [0.717, 1.165) is 28.8 Å². The number of halogens is 1. The zero-order chi connectivity index (χ0) is 14.0. The lowest BCUT2D eigenvalue weighted by molar-refractivity contribution is 0.349. The van der Waals surface area contributed by atoms with Crippen LogP contribution in [0, 0.1) is 0 Å². The van der Waals surface area contributed by atoms with Crippen LogP contribution in [-0.4, -0.2) is 26.4 Å². The Labute approximate surface area is 123 Å². The van der Waals surface area contributed by atoms with E-state index in [1.54, 1.807) is 14.2 Å². The van der Waals surface area contributed by atoms with Crippen molar-refractivity contribution in [3.63, 3.8) is 0 Å². The molecule has 2 rings (SSSR count). The van der Waals surface area contributed by atoms with Gasteiger partial charge >= 0.3 is 0 Å². The normalized spacial score (nSPS) is 23.0. The molecule has 0 amide bonds. The van der Waals surface area contributed by atoms with Gasteiger partial charge in [0.05, 0.1) is 30.9 Å². The molecule has 3 unspecified atom stereocenters. The summed E-state index contributed by atoms with van der Waals surface area (Å²) in [5.41, 5.74) is 1.19. The number of rotatable bonds is 6. The number of ether oxygens (including phenoxy) is 3. The van der Waals surface area contributed by atoms with Crippen LogP contribution in [0.5, 0.6) is 11.5 Å². The Kier molecular flexibility index (Phi) is 4.74. The van der Waals surface area contributed by atoms with Crippen molar-refractivity contribution in [3.8, 4) is 11.5 Å². The Morgan fingerprint density at radius 1 is 1.21 bits per heavy atom. The Bertz CT molecular complexity index is 447. The second-order valence-electron chi connectivity index (χ2n) is 4.99. The highest BCUT2D eigenvalue weighted by molar-refractivity contribution is 9.10. The van der Waals surface area contributed by atoms with Crippen LogP contribution >= 0.6 is 15.9 Å². The minimum Gasteiger partial charge on any atom is -0.496 e. The second-order valence-corrected chi connectivity index (χ2v) is 5.84. The molecule has 0 spiro atoms. The fraction of sp³-hybridized carbons (Fsp3) is 0.600. The van der Waals surface area contributed by atoms with E-state index in [1.165, 1.54) is 5.56 Å². The molecule has 106 valence electrons. The molecule has 4 heteroatoms. The lowest BCUT2D eigenvalue weighted by atomic mass is 9.94. The van der Waals surface area contributed by atoms with Gasteiger partial charge in [-0.1, -0.05) is 13.8 Å². The summed E-state index contributed by atoms with van der Waals surface area (Å²) in [6.45, 7) is 4.38. The van der Waals surface area contributed by atoms with Gasteiger partial charge in [0.15, 0.2) is 0 Å². The van der Waals surface area contributed by atoms with Crippen molar-refractivity contribution in [1.82, 2.24) is 0 Å². The molecule has 0 radical (unpaired) electrons. The standard InChI is InChI=1S/C15H21BrO3/c1-5-12-15(19-12)6-9(2)10-7-11(16)14(18-4)8-13(10)17-3/h7-9,12,15H,5-6H2,1-4H3. The first-order valence-electron chi connectivity index (χ1n) is 6.67. The molecule has 1 fully saturated rings. The van der Waals surface area contributed by atoms with E-state index in [0.29, 0.717) is 18.1 Å². The van der Waals surface area contributed by atoms with Crippen molar-refractivity contribution in [2.24, 2.45) is 0 Å². The predicted octanol–water partition coefficient (Wildman–Crippen LogP) is 4.14. The quantitative estimate of drug-likeness (QED) is 0.735. The highest BCUT2D eigenvalue weighted by Crippen LogP contribution is 2.40. The average molecular weight is 329 g/mol. The Hall–Kier alpha value is -0.740. The van der Waals surface area contributed by atoms with E-state index in [9.17, 15) is 0 Å². The molecule has 3 nitrogen and oxygen atoms in total. The number of hydrogen-bond acceptors (Lipinski definition) is 3. The summed E-state index contributed by atoms with van der Waals surface area (Å²) in [6.07, 6.45) is 3.00. The number of benzene rings is 1. The molecule has 3 atom stereocenters. The lowest BCUT2D eigenvalue weighted by Crippen LogP contribution is -2.04. The minimum atomic E-state index is 0.402. The third kappa shape index (κ3) is 3.23. The topological polar surface area (TPSA) is 31.0 Å². The molecule has 19 heavy (non-hydrogen) atoms. The highest BCUT2D eigenvalue weighted by atomic mass is 79.9. The molecular weight excluding hydrogens is 308 g/mol. The van der Waals surface area contributed by atoms with E-state index < -0.39 is 0 Å². The zero-order valence-electron chi connectivity index (χ0n) is 11.9. The molecule has 1 aliphatic heterocycles. The first-order chi connectivity index (χ1) is 9.10. The van der Waals surface area contributed by atoms with Crippen molar-refractivity contribution in [1.29, 1.82) is 0 Å². The number of methoxy groups -OCH3 is 2. The lowest BCUT2D eigenvalue weighted by Gasteiger charge is -2.17. The molecule has 0 N–H and O–H groups in total. The summed E-state index contributed by atoms with van der Waals surface area (Å²) in [5.74, 6) is 2.07. The molecule has 1 heterocycles. The predicted molar refractivity (Wildman–Crippen MR) is 79.2 cm³/mol. The van der Waals surface area contributed by atoms with E-state index in [1.807, 2.05) is 6.07 Å². The van der Waals surface area contributed by atoms with Crippen LogP contribution in [0.4, 0.5) is 0 Å². The van der Waals surface area contributed by atoms with E-state index in [4.69, 9.17) is 14.2 Å². The summed E-state index contributed by atoms with van der Waals surface area (Å²) in [6, 6.07) is 4.02.